The number of rotatable bonds is 13. The lowest BCUT2D eigenvalue weighted by molar-refractivity contribution is -0.117. The van der Waals surface area contributed by atoms with E-state index >= 15 is 0 Å². The normalized spacial score (nSPS) is 18.7. The molecule has 1 amide bonds. The van der Waals surface area contributed by atoms with E-state index in [1.165, 1.54) is 42.6 Å². The first-order valence-corrected chi connectivity index (χ1v) is 14.6. The van der Waals surface area contributed by atoms with Gasteiger partial charge in [0.1, 0.15) is 11.5 Å². The maximum absolute atomic E-state index is 12.6. The largest absolute Gasteiger partial charge is 0.460 e. The molecular formula is C30H40N2O4S. The number of ether oxygens (including phenoxy) is 2. The van der Waals surface area contributed by atoms with E-state index < -0.39 is 0 Å². The minimum atomic E-state index is -0.255. The second-order valence-electron chi connectivity index (χ2n) is 9.84. The Hall–Kier alpha value is -2.48. The Kier molecular flexibility index (Phi) is 10.8. The van der Waals surface area contributed by atoms with Gasteiger partial charge in [0.05, 0.1) is 19.3 Å². The number of esters is 1. The van der Waals surface area contributed by atoms with Gasteiger partial charge in [-0.25, -0.2) is 4.79 Å². The summed E-state index contributed by atoms with van der Waals surface area (Å²) in [5.74, 6) is -0.0709. The van der Waals surface area contributed by atoms with Crippen molar-refractivity contribution in [3.05, 3.63) is 63.9 Å². The molecule has 0 unspecified atom stereocenters. The average Bonchev–Trinajstić information content (AvgIpc) is 3.54. The van der Waals surface area contributed by atoms with Crippen molar-refractivity contribution in [3.8, 4) is 0 Å². The SMILES string of the molecule is CCCCCCc1ccc(N2C(=O)CC[C@@H]2/C=C\Cc2ccc(C(=O)OCCN3CCOCC3)s2)cc1. The summed E-state index contributed by atoms with van der Waals surface area (Å²) < 4.78 is 10.8. The van der Waals surface area contributed by atoms with Gasteiger partial charge in [-0.15, -0.1) is 11.3 Å². The Morgan fingerprint density at radius 2 is 1.92 bits per heavy atom. The number of unbranched alkanes of at least 4 members (excludes halogenated alkanes) is 3. The highest BCUT2D eigenvalue weighted by molar-refractivity contribution is 7.13. The van der Waals surface area contributed by atoms with Crippen LogP contribution >= 0.6 is 11.3 Å². The van der Waals surface area contributed by atoms with Gasteiger partial charge in [0.15, 0.2) is 0 Å². The van der Waals surface area contributed by atoms with Crippen molar-refractivity contribution >= 4 is 28.9 Å². The van der Waals surface area contributed by atoms with Gasteiger partial charge in [0.2, 0.25) is 5.91 Å². The van der Waals surface area contributed by atoms with Crippen LogP contribution in [0, 0.1) is 0 Å². The predicted molar refractivity (Wildman–Crippen MR) is 150 cm³/mol. The van der Waals surface area contributed by atoms with Gasteiger partial charge >= 0.3 is 5.97 Å². The summed E-state index contributed by atoms with van der Waals surface area (Å²) in [6.45, 7) is 6.65. The van der Waals surface area contributed by atoms with E-state index in [0.29, 0.717) is 17.9 Å². The van der Waals surface area contributed by atoms with Crippen LogP contribution in [0.15, 0.2) is 48.6 Å². The Morgan fingerprint density at radius 3 is 2.70 bits per heavy atom. The summed E-state index contributed by atoms with van der Waals surface area (Å²) >= 11 is 1.48. The molecule has 0 radical (unpaired) electrons. The lowest BCUT2D eigenvalue weighted by atomic mass is 10.1. The van der Waals surface area contributed by atoms with E-state index in [1.54, 1.807) is 0 Å². The Morgan fingerprint density at radius 1 is 1.11 bits per heavy atom. The molecule has 1 atom stereocenters. The molecule has 7 heteroatoms. The van der Waals surface area contributed by atoms with E-state index in [-0.39, 0.29) is 17.9 Å². The van der Waals surface area contributed by atoms with Crippen LogP contribution in [-0.2, 0) is 27.1 Å². The third-order valence-corrected chi connectivity index (χ3v) is 8.16. The summed E-state index contributed by atoms with van der Waals surface area (Å²) in [6.07, 6.45) is 12.5. The highest BCUT2D eigenvalue weighted by Crippen LogP contribution is 2.28. The van der Waals surface area contributed by atoms with Crippen LogP contribution in [-0.4, -0.2) is 62.3 Å². The summed E-state index contributed by atoms with van der Waals surface area (Å²) in [4.78, 5) is 31.0. The Labute approximate surface area is 225 Å². The molecule has 2 aliphatic heterocycles. The van der Waals surface area contributed by atoms with Crippen molar-refractivity contribution in [1.82, 2.24) is 4.90 Å². The van der Waals surface area contributed by atoms with Crippen molar-refractivity contribution in [2.45, 2.75) is 64.3 Å². The molecule has 2 fully saturated rings. The van der Waals surface area contributed by atoms with Gasteiger partial charge in [0, 0.05) is 36.6 Å². The first-order chi connectivity index (χ1) is 18.1. The maximum atomic E-state index is 12.6. The molecule has 2 saturated heterocycles. The molecule has 4 rings (SSSR count). The van der Waals surface area contributed by atoms with Gasteiger partial charge in [0.25, 0.3) is 0 Å². The van der Waals surface area contributed by atoms with Crippen molar-refractivity contribution in [2.24, 2.45) is 0 Å². The molecule has 6 nitrogen and oxygen atoms in total. The van der Waals surface area contributed by atoms with Gasteiger partial charge in [-0.1, -0.05) is 50.5 Å². The molecule has 1 aromatic carbocycles. The molecule has 0 aliphatic carbocycles. The lowest BCUT2D eigenvalue weighted by Crippen LogP contribution is -2.38. The Bertz CT molecular complexity index is 1030. The minimum Gasteiger partial charge on any atom is -0.460 e. The van der Waals surface area contributed by atoms with Gasteiger partial charge in [-0.05, 0) is 55.5 Å². The number of hydrogen-bond acceptors (Lipinski definition) is 6. The van der Waals surface area contributed by atoms with E-state index in [9.17, 15) is 9.59 Å². The topological polar surface area (TPSA) is 59.1 Å². The third kappa shape index (κ3) is 8.25. The molecule has 200 valence electrons. The minimum absolute atomic E-state index is 0.0764. The van der Waals surface area contributed by atoms with E-state index in [0.717, 1.165) is 62.7 Å². The van der Waals surface area contributed by atoms with E-state index in [1.807, 2.05) is 17.0 Å². The fourth-order valence-electron chi connectivity index (χ4n) is 4.90. The second-order valence-corrected chi connectivity index (χ2v) is 11.0. The number of anilines is 1. The highest BCUT2D eigenvalue weighted by atomic mass is 32.1. The number of aryl methyl sites for hydroxylation is 1. The molecule has 1 aromatic heterocycles. The fourth-order valence-corrected chi connectivity index (χ4v) is 5.78. The van der Waals surface area contributed by atoms with Crippen molar-refractivity contribution in [1.29, 1.82) is 0 Å². The number of thiophene rings is 1. The van der Waals surface area contributed by atoms with Crippen LogP contribution in [0.4, 0.5) is 5.69 Å². The average molecular weight is 525 g/mol. The fraction of sp³-hybridized carbons (Fsp3) is 0.533. The number of nitrogens with zero attached hydrogens (tertiary/aromatic N) is 2. The highest BCUT2D eigenvalue weighted by Gasteiger charge is 2.30. The van der Waals surface area contributed by atoms with Crippen LogP contribution < -0.4 is 4.90 Å². The smallest absolute Gasteiger partial charge is 0.348 e. The Balaban J connectivity index is 1.24. The number of morpholine rings is 1. The standard InChI is InChI=1S/C30H40N2O4S/c1-2-3-4-5-7-24-10-12-26(13-11-24)32-25(14-17-29(32)33)8-6-9-27-15-16-28(37-27)30(34)36-23-20-31-18-21-35-22-19-31/h6,8,10-13,15-16,25H,2-5,7,9,14,17-23H2,1H3/b8-6-/t25-/m0/s1. The summed E-state index contributed by atoms with van der Waals surface area (Å²) in [6, 6.07) is 12.4. The van der Waals surface area contributed by atoms with Crippen molar-refractivity contribution in [2.75, 3.05) is 44.4 Å². The molecule has 0 bridgehead atoms. The molecular weight excluding hydrogens is 484 g/mol. The molecule has 2 aliphatic rings. The van der Waals surface area contributed by atoms with Crippen LogP contribution in [0.3, 0.4) is 0 Å². The maximum Gasteiger partial charge on any atom is 0.348 e. The first-order valence-electron chi connectivity index (χ1n) is 13.8. The van der Waals surface area contributed by atoms with Gasteiger partial charge in [-0.2, -0.15) is 0 Å². The number of carbonyl (C=O) groups is 2. The zero-order valence-corrected chi connectivity index (χ0v) is 22.8. The zero-order valence-electron chi connectivity index (χ0n) is 22.0. The van der Waals surface area contributed by atoms with Crippen LogP contribution in [0.2, 0.25) is 0 Å². The molecule has 0 saturated carbocycles. The van der Waals surface area contributed by atoms with Crippen LogP contribution in [0.5, 0.6) is 0 Å². The van der Waals surface area contributed by atoms with E-state index in [4.69, 9.17) is 9.47 Å². The number of hydrogen-bond donors (Lipinski definition) is 0. The number of amides is 1. The number of benzene rings is 1. The lowest BCUT2D eigenvalue weighted by Gasteiger charge is -2.26. The van der Waals surface area contributed by atoms with Gasteiger partial charge < -0.3 is 14.4 Å². The number of carbonyl (C=O) groups excluding carboxylic acids is 2. The predicted octanol–water partition coefficient (Wildman–Crippen LogP) is 5.65. The monoisotopic (exact) mass is 524 g/mol. The molecule has 3 heterocycles. The van der Waals surface area contributed by atoms with Crippen LogP contribution in [0.25, 0.3) is 0 Å². The summed E-state index contributed by atoms with van der Waals surface area (Å²) in [5.41, 5.74) is 2.32. The first kappa shape index (κ1) is 27.6. The van der Waals surface area contributed by atoms with Crippen molar-refractivity contribution < 1.29 is 19.1 Å². The summed E-state index contributed by atoms with van der Waals surface area (Å²) in [5, 5.41) is 0. The molecule has 2 aromatic rings. The molecule has 0 spiro atoms. The zero-order chi connectivity index (χ0) is 25.9. The van der Waals surface area contributed by atoms with Gasteiger partial charge in [-0.3, -0.25) is 9.69 Å². The quantitative estimate of drug-likeness (QED) is 0.192. The number of allylic oxidation sites excluding steroid dienone is 1. The molecule has 37 heavy (non-hydrogen) atoms. The molecule has 0 N–H and O–H groups in total. The third-order valence-electron chi connectivity index (χ3n) is 7.07. The van der Waals surface area contributed by atoms with E-state index in [2.05, 4.69) is 48.2 Å². The second kappa shape index (κ2) is 14.5. The summed E-state index contributed by atoms with van der Waals surface area (Å²) in [7, 11) is 0. The van der Waals surface area contributed by atoms with Crippen molar-refractivity contribution in [3.63, 3.8) is 0 Å². The van der Waals surface area contributed by atoms with Crippen LogP contribution in [0.1, 0.15) is 65.6 Å².